The van der Waals surface area contributed by atoms with Crippen molar-refractivity contribution in [1.29, 1.82) is 0 Å². The molecule has 2 aromatic rings. The van der Waals surface area contributed by atoms with Crippen LogP contribution in [0.3, 0.4) is 0 Å². The Bertz CT molecular complexity index is 776. The van der Waals surface area contributed by atoms with Crippen molar-refractivity contribution in [3.63, 3.8) is 0 Å². The Morgan fingerprint density at radius 3 is 2.83 bits per heavy atom. The molecule has 0 aliphatic heterocycles. The first-order valence-electron chi connectivity index (χ1n) is 7.53. The van der Waals surface area contributed by atoms with Crippen molar-refractivity contribution in [2.75, 3.05) is 6.54 Å². The lowest BCUT2D eigenvalue weighted by molar-refractivity contribution is 0.0945. The molecular weight excluding hydrogens is 376 g/mol. The molecule has 7 heteroatoms. The first-order valence-corrected chi connectivity index (χ1v) is 8.73. The van der Waals surface area contributed by atoms with Gasteiger partial charge >= 0.3 is 0 Å². The van der Waals surface area contributed by atoms with E-state index in [1.54, 1.807) is 0 Å². The van der Waals surface area contributed by atoms with E-state index in [0.717, 1.165) is 33.9 Å². The Hall–Kier alpha value is -1.73. The van der Waals surface area contributed by atoms with Crippen molar-refractivity contribution in [3.8, 4) is 0 Å². The molecule has 1 aliphatic carbocycles. The molecule has 5 nitrogen and oxygen atoms in total. The van der Waals surface area contributed by atoms with Crippen LogP contribution in [-0.4, -0.2) is 22.5 Å². The molecule has 1 aliphatic rings. The van der Waals surface area contributed by atoms with Gasteiger partial charge in [-0.3, -0.25) is 20.6 Å². The average Bonchev–Trinajstić information content (AvgIpc) is 3.37. The summed E-state index contributed by atoms with van der Waals surface area (Å²) in [6.07, 6.45) is 2.28. The zero-order valence-electron chi connectivity index (χ0n) is 12.6. The topological polar surface area (TPSA) is 66.0 Å². The molecule has 23 heavy (non-hydrogen) atoms. The van der Waals surface area contributed by atoms with Gasteiger partial charge < -0.3 is 5.32 Å². The number of hydrogen-bond acceptors (Lipinski definition) is 3. The molecule has 0 bridgehead atoms. The van der Waals surface area contributed by atoms with Crippen molar-refractivity contribution < 1.29 is 4.79 Å². The number of amides is 1. The van der Waals surface area contributed by atoms with Gasteiger partial charge in [-0.2, -0.15) is 0 Å². The van der Waals surface area contributed by atoms with Gasteiger partial charge in [-0.05, 0) is 56.2 Å². The maximum absolute atomic E-state index is 12.6. The van der Waals surface area contributed by atoms with E-state index in [9.17, 15) is 4.79 Å². The van der Waals surface area contributed by atoms with Gasteiger partial charge in [0.05, 0.1) is 11.1 Å². The van der Waals surface area contributed by atoms with E-state index in [1.807, 2.05) is 31.2 Å². The summed E-state index contributed by atoms with van der Waals surface area (Å²) in [5.41, 5.74) is 7.78. The molecule has 1 saturated carbocycles. The molecule has 0 spiro atoms. The molecule has 1 amide bonds. The van der Waals surface area contributed by atoms with Crippen LogP contribution in [0, 0.1) is 0 Å². The van der Waals surface area contributed by atoms with Crippen LogP contribution in [0.1, 0.15) is 41.7 Å². The molecule has 0 radical (unpaired) electrons. The summed E-state index contributed by atoms with van der Waals surface area (Å²) in [4.78, 5) is 17.3. The quantitative estimate of drug-likeness (QED) is 0.553. The predicted octanol–water partition coefficient (Wildman–Crippen LogP) is 3.00. The monoisotopic (exact) mass is 392 g/mol. The van der Waals surface area contributed by atoms with Crippen molar-refractivity contribution in [2.24, 2.45) is 0 Å². The zero-order chi connectivity index (χ0) is 16.4. The summed E-state index contributed by atoms with van der Waals surface area (Å²) in [6.45, 7) is 2.63. The highest BCUT2D eigenvalue weighted by Gasteiger charge is 2.27. The predicted molar refractivity (Wildman–Crippen MR) is 98.3 cm³/mol. The smallest absolute Gasteiger partial charge is 0.270 e. The maximum atomic E-state index is 12.6. The largest absolute Gasteiger partial charge is 0.362 e. The molecule has 3 N–H and O–H groups in total. The van der Waals surface area contributed by atoms with E-state index in [0.29, 0.717) is 23.1 Å². The Kier molecular flexibility index (Phi) is 4.77. The number of aromatic nitrogens is 1. The fraction of sp³-hybridized carbons (Fsp3) is 0.312. The van der Waals surface area contributed by atoms with Crippen LogP contribution >= 0.6 is 28.1 Å². The van der Waals surface area contributed by atoms with Crippen molar-refractivity contribution in [2.45, 2.75) is 25.7 Å². The Balaban J connectivity index is 1.92. The lowest BCUT2D eigenvalue weighted by atomic mass is 10.1. The number of hydrazine groups is 1. The fourth-order valence-corrected chi connectivity index (χ4v) is 2.94. The molecule has 1 fully saturated rings. The number of halogens is 1. The van der Waals surface area contributed by atoms with Gasteiger partial charge in [-0.15, -0.1) is 0 Å². The summed E-state index contributed by atoms with van der Waals surface area (Å²) >= 11 is 8.51. The SMILES string of the molecule is CCNC(=S)NNC(=O)c1cc(C2CC2)nc2ccc(Br)cc12. The number of rotatable bonds is 3. The van der Waals surface area contributed by atoms with Gasteiger partial charge in [0.25, 0.3) is 5.91 Å². The summed E-state index contributed by atoms with van der Waals surface area (Å²) < 4.78 is 0.913. The Morgan fingerprint density at radius 1 is 1.35 bits per heavy atom. The van der Waals surface area contributed by atoms with E-state index in [1.165, 1.54) is 0 Å². The van der Waals surface area contributed by atoms with Crippen LogP contribution < -0.4 is 16.2 Å². The maximum Gasteiger partial charge on any atom is 0.270 e. The van der Waals surface area contributed by atoms with E-state index in [4.69, 9.17) is 12.2 Å². The third-order valence-electron chi connectivity index (χ3n) is 3.66. The molecule has 120 valence electrons. The zero-order valence-corrected chi connectivity index (χ0v) is 15.1. The van der Waals surface area contributed by atoms with Gasteiger partial charge in [0.15, 0.2) is 5.11 Å². The second-order valence-corrected chi connectivity index (χ2v) is 6.79. The van der Waals surface area contributed by atoms with Gasteiger partial charge in [0.1, 0.15) is 0 Å². The first-order chi connectivity index (χ1) is 11.1. The highest BCUT2D eigenvalue weighted by atomic mass is 79.9. The normalized spacial score (nSPS) is 13.7. The minimum absolute atomic E-state index is 0.224. The highest BCUT2D eigenvalue weighted by Crippen LogP contribution is 2.40. The number of nitrogens with zero attached hydrogens (tertiary/aromatic N) is 1. The van der Waals surface area contributed by atoms with Crippen LogP contribution in [0.4, 0.5) is 0 Å². The number of carbonyl (C=O) groups is 1. The Morgan fingerprint density at radius 2 is 2.13 bits per heavy atom. The number of thiocarbonyl (C=S) groups is 1. The van der Waals surface area contributed by atoms with E-state index < -0.39 is 0 Å². The Labute approximate surface area is 148 Å². The van der Waals surface area contributed by atoms with Crippen LogP contribution in [0.5, 0.6) is 0 Å². The average molecular weight is 393 g/mol. The highest BCUT2D eigenvalue weighted by molar-refractivity contribution is 9.10. The lowest BCUT2D eigenvalue weighted by Gasteiger charge is -2.13. The molecule has 0 saturated heterocycles. The lowest BCUT2D eigenvalue weighted by Crippen LogP contribution is -2.46. The van der Waals surface area contributed by atoms with Gasteiger partial charge in [-0.1, -0.05) is 15.9 Å². The van der Waals surface area contributed by atoms with Crippen LogP contribution in [0.2, 0.25) is 0 Å². The van der Waals surface area contributed by atoms with Gasteiger partial charge in [0, 0.05) is 28.0 Å². The molecule has 0 unspecified atom stereocenters. The van der Waals surface area contributed by atoms with Gasteiger partial charge in [0.2, 0.25) is 0 Å². The summed E-state index contributed by atoms with van der Waals surface area (Å²) in [5, 5.41) is 4.13. The molecule has 1 aromatic carbocycles. The number of hydrogen-bond donors (Lipinski definition) is 3. The summed E-state index contributed by atoms with van der Waals surface area (Å²) in [6, 6.07) is 7.67. The molecule has 1 aromatic heterocycles. The second-order valence-electron chi connectivity index (χ2n) is 5.47. The summed E-state index contributed by atoms with van der Waals surface area (Å²) in [5.74, 6) is 0.253. The van der Waals surface area contributed by atoms with Crippen molar-refractivity contribution in [3.05, 3.63) is 40.0 Å². The second kappa shape index (κ2) is 6.80. The van der Waals surface area contributed by atoms with E-state index >= 15 is 0 Å². The van der Waals surface area contributed by atoms with Crippen LogP contribution in [0.15, 0.2) is 28.7 Å². The number of fused-ring (bicyclic) bond motifs is 1. The van der Waals surface area contributed by atoms with Crippen molar-refractivity contribution >= 4 is 50.1 Å². The molecule has 0 atom stereocenters. The standard InChI is InChI=1S/C16H17BrN4OS/c1-2-18-16(23)21-20-15(22)12-8-14(9-3-4-9)19-13-6-5-10(17)7-11(12)13/h5-9H,2-4H2,1H3,(H,20,22)(H2,18,21,23). The number of nitrogens with one attached hydrogen (secondary N) is 3. The molecule has 1 heterocycles. The fourth-order valence-electron chi connectivity index (χ4n) is 2.38. The van der Waals surface area contributed by atoms with E-state index in [2.05, 4.69) is 37.1 Å². The third kappa shape index (κ3) is 3.79. The van der Waals surface area contributed by atoms with Crippen LogP contribution in [0.25, 0.3) is 10.9 Å². The third-order valence-corrected chi connectivity index (χ3v) is 4.40. The molecule has 3 rings (SSSR count). The van der Waals surface area contributed by atoms with E-state index in [-0.39, 0.29) is 5.91 Å². The minimum atomic E-state index is -0.224. The summed E-state index contributed by atoms with van der Waals surface area (Å²) in [7, 11) is 0. The number of benzene rings is 1. The van der Waals surface area contributed by atoms with Gasteiger partial charge in [-0.25, -0.2) is 0 Å². The molecular formula is C16H17BrN4OS. The number of carbonyl (C=O) groups excluding carboxylic acids is 1. The van der Waals surface area contributed by atoms with Crippen LogP contribution in [-0.2, 0) is 0 Å². The minimum Gasteiger partial charge on any atom is -0.362 e. The first kappa shape index (κ1) is 16.1. The van der Waals surface area contributed by atoms with Crippen molar-refractivity contribution in [1.82, 2.24) is 21.2 Å². The number of pyridine rings is 1.